The van der Waals surface area contributed by atoms with Crippen LogP contribution >= 0.6 is 24.8 Å². The first kappa shape index (κ1) is 32.1. The predicted octanol–water partition coefficient (Wildman–Crippen LogP) is 4.90. The summed E-state index contributed by atoms with van der Waals surface area (Å²) in [5, 5.41) is 7.94. The number of aromatic nitrogens is 2. The number of nitrogens with one attached hydrogen (secondary N) is 1. The van der Waals surface area contributed by atoms with Gasteiger partial charge in [0.05, 0.1) is 12.2 Å². The van der Waals surface area contributed by atoms with Crippen molar-refractivity contribution >= 4 is 36.6 Å². The van der Waals surface area contributed by atoms with E-state index in [-0.39, 0.29) is 36.6 Å². The van der Waals surface area contributed by atoms with Gasteiger partial charge < -0.3 is 10.2 Å². The lowest BCUT2D eigenvalue weighted by atomic mass is 9.80. The number of benzene rings is 1. The molecule has 4 rings (SSSR count). The molecule has 2 aliphatic heterocycles. The molecule has 3 heterocycles. The highest BCUT2D eigenvalue weighted by Crippen LogP contribution is 2.35. The quantitative estimate of drug-likeness (QED) is 0.469. The van der Waals surface area contributed by atoms with E-state index in [1.807, 2.05) is 11.0 Å². The topological polar surface area (TPSA) is 70.5 Å². The van der Waals surface area contributed by atoms with Crippen molar-refractivity contribution in [3.05, 3.63) is 52.8 Å². The van der Waals surface area contributed by atoms with Gasteiger partial charge in [0.25, 0.3) is 0 Å². The summed E-state index contributed by atoms with van der Waals surface area (Å²) in [7, 11) is 0. The molecule has 0 bridgehead atoms. The molecule has 9 heteroatoms. The van der Waals surface area contributed by atoms with Crippen LogP contribution in [-0.2, 0) is 22.7 Å². The van der Waals surface area contributed by atoms with E-state index in [1.165, 1.54) is 16.8 Å². The SMILES string of the molecule is CCCCN1C(=O)[C@H](CC(C)C)NC(=O)C12CCN(Cc1c(C)nn(Cc3ccccc3)c1C)CC2.Cl.Cl. The Hall–Kier alpha value is -2.09. The average molecular weight is 567 g/mol. The minimum atomic E-state index is -0.711. The van der Waals surface area contributed by atoms with E-state index < -0.39 is 11.6 Å². The summed E-state index contributed by atoms with van der Waals surface area (Å²) in [5.41, 5.74) is 4.06. The second-order valence-electron chi connectivity index (χ2n) is 11.1. The smallest absolute Gasteiger partial charge is 0.246 e. The normalized spacial score (nSPS) is 19.3. The number of likely N-dealkylation sites (tertiary alicyclic amines) is 1. The number of piperazine rings is 1. The number of amides is 2. The Balaban J connectivity index is 0.00000253. The first-order valence-electron chi connectivity index (χ1n) is 13.7. The fraction of sp³-hybridized carbons (Fsp3) is 0.621. The molecule has 1 N–H and O–H groups in total. The van der Waals surface area contributed by atoms with Crippen LogP contribution < -0.4 is 5.32 Å². The predicted molar refractivity (Wildman–Crippen MR) is 157 cm³/mol. The summed E-state index contributed by atoms with van der Waals surface area (Å²) >= 11 is 0. The molecule has 2 saturated heterocycles. The van der Waals surface area contributed by atoms with E-state index in [4.69, 9.17) is 5.10 Å². The summed E-state index contributed by atoms with van der Waals surface area (Å²) in [5.74, 6) is 0.517. The lowest BCUT2D eigenvalue weighted by molar-refractivity contribution is -0.161. The molecule has 0 saturated carbocycles. The number of halogens is 2. The van der Waals surface area contributed by atoms with E-state index >= 15 is 0 Å². The van der Waals surface area contributed by atoms with Crippen LogP contribution in [0.5, 0.6) is 0 Å². The summed E-state index contributed by atoms with van der Waals surface area (Å²) in [6.45, 7) is 14.4. The Bertz CT molecular complexity index is 1060. The molecule has 1 atom stereocenters. The molecule has 1 aromatic carbocycles. The molecule has 7 nitrogen and oxygen atoms in total. The van der Waals surface area contributed by atoms with Gasteiger partial charge in [0.15, 0.2) is 0 Å². The molecular formula is C29H45Cl2N5O2. The zero-order chi connectivity index (χ0) is 25.9. The van der Waals surface area contributed by atoms with Crippen LogP contribution in [0.25, 0.3) is 0 Å². The molecule has 2 fully saturated rings. The number of rotatable bonds is 9. The summed E-state index contributed by atoms with van der Waals surface area (Å²) in [6, 6.07) is 10.0. The molecule has 2 aromatic rings. The van der Waals surface area contributed by atoms with E-state index in [0.717, 1.165) is 44.7 Å². The van der Waals surface area contributed by atoms with E-state index in [0.29, 0.717) is 31.7 Å². The molecule has 0 radical (unpaired) electrons. The van der Waals surface area contributed by atoms with Gasteiger partial charge in [0, 0.05) is 37.4 Å². The van der Waals surface area contributed by atoms with Gasteiger partial charge in [-0.1, -0.05) is 57.5 Å². The Kier molecular flexibility index (Phi) is 11.7. The molecule has 1 spiro atoms. The summed E-state index contributed by atoms with van der Waals surface area (Å²) in [6.07, 6.45) is 3.99. The third-order valence-electron chi connectivity index (χ3n) is 8.02. The minimum absolute atomic E-state index is 0. The first-order valence-corrected chi connectivity index (χ1v) is 13.7. The molecule has 0 unspecified atom stereocenters. The van der Waals surface area contributed by atoms with Crippen LogP contribution in [0.3, 0.4) is 0 Å². The third-order valence-corrected chi connectivity index (χ3v) is 8.02. The number of aryl methyl sites for hydroxylation is 1. The highest BCUT2D eigenvalue weighted by molar-refractivity contribution is 6.00. The minimum Gasteiger partial charge on any atom is -0.342 e. The van der Waals surface area contributed by atoms with E-state index in [1.54, 1.807) is 0 Å². The molecule has 2 aliphatic rings. The lowest BCUT2D eigenvalue weighted by Crippen LogP contribution is -2.73. The van der Waals surface area contributed by atoms with E-state index in [2.05, 4.69) is 73.8 Å². The lowest BCUT2D eigenvalue weighted by Gasteiger charge is -2.52. The number of carbonyl (C=O) groups excluding carboxylic acids is 2. The highest BCUT2D eigenvalue weighted by Gasteiger charge is 2.53. The maximum atomic E-state index is 13.5. The Morgan fingerprint density at radius 3 is 2.32 bits per heavy atom. The number of piperidine rings is 1. The van der Waals surface area contributed by atoms with Gasteiger partial charge in [-0.2, -0.15) is 5.10 Å². The molecule has 1 aromatic heterocycles. The van der Waals surface area contributed by atoms with Gasteiger partial charge in [0.1, 0.15) is 11.6 Å². The number of carbonyl (C=O) groups is 2. The van der Waals surface area contributed by atoms with Crippen molar-refractivity contribution < 1.29 is 9.59 Å². The van der Waals surface area contributed by atoms with Gasteiger partial charge in [0.2, 0.25) is 11.8 Å². The molecule has 38 heavy (non-hydrogen) atoms. The van der Waals surface area contributed by atoms with Crippen molar-refractivity contribution in [1.29, 1.82) is 0 Å². The average Bonchev–Trinajstić information content (AvgIpc) is 3.11. The van der Waals surface area contributed by atoms with Gasteiger partial charge in [-0.25, -0.2) is 0 Å². The fourth-order valence-electron chi connectivity index (χ4n) is 5.82. The van der Waals surface area contributed by atoms with Crippen LogP contribution in [0.2, 0.25) is 0 Å². The van der Waals surface area contributed by atoms with Crippen LogP contribution in [0, 0.1) is 19.8 Å². The maximum Gasteiger partial charge on any atom is 0.246 e. The molecule has 2 amide bonds. The summed E-state index contributed by atoms with van der Waals surface area (Å²) in [4.78, 5) is 31.4. The standard InChI is InChI=1S/C29H43N5O2.2ClH/c1-6-7-15-33-27(35)26(18-21(2)3)30-28(36)29(33)13-16-32(17-14-29)20-25-22(4)31-34(23(25)5)19-24-11-9-8-10-12-24;;/h8-12,21,26H,6-7,13-20H2,1-5H3,(H,30,36);2*1H/t26-;;/m0../s1. The monoisotopic (exact) mass is 565 g/mol. The van der Waals surface area contributed by atoms with Gasteiger partial charge in [-0.15, -0.1) is 24.8 Å². The molecule has 0 aliphatic carbocycles. The van der Waals surface area contributed by atoms with Gasteiger partial charge in [-0.05, 0) is 51.0 Å². The zero-order valence-electron chi connectivity index (χ0n) is 23.5. The number of nitrogens with zero attached hydrogens (tertiary/aromatic N) is 4. The number of unbranched alkanes of at least 4 members (excludes halogenated alkanes) is 1. The van der Waals surface area contributed by atoms with Crippen LogP contribution in [0.15, 0.2) is 30.3 Å². The Morgan fingerprint density at radius 1 is 1.05 bits per heavy atom. The van der Waals surface area contributed by atoms with Crippen molar-refractivity contribution in [2.75, 3.05) is 19.6 Å². The maximum absolute atomic E-state index is 13.5. The van der Waals surface area contributed by atoms with Crippen molar-refractivity contribution in [2.45, 2.75) is 91.4 Å². The number of hydrogen-bond donors (Lipinski definition) is 1. The second-order valence-corrected chi connectivity index (χ2v) is 11.1. The largest absolute Gasteiger partial charge is 0.342 e. The van der Waals surface area contributed by atoms with E-state index in [9.17, 15) is 9.59 Å². The van der Waals surface area contributed by atoms with Crippen LogP contribution in [0.1, 0.15) is 75.4 Å². The Morgan fingerprint density at radius 2 is 1.71 bits per heavy atom. The van der Waals surface area contributed by atoms with Crippen LogP contribution in [-0.4, -0.2) is 62.6 Å². The van der Waals surface area contributed by atoms with Gasteiger partial charge >= 0.3 is 0 Å². The zero-order valence-corrected chi connectivity index (χ0v) is 25.2. The first-order chi connectivity index (χ1) is 17.2. The highest BCUT2D eigenvalue weighted by atomic mass is 35.5. The molecule has 212 valence electrons. The molecular weight excluding hydrogens is 521 g/mol. The van der Waals surface area contributed by atoms with Crippen molar-refractivity contribution in [3.8, 4) is 0 Å². The number of hydrogen-bond acceptors (Lipinski definition) is 4. The third kappa shape index (κ3) is 6.72. The van der Waals surface area contributed by atoms with Gasteiger partial charge in [-0.3, -0.25) is 19.2 Å². The Labute approximate surface area is 240 Å². The van der Waals surface area contributed by atoms with Crippen molar-refractivity contribution in [3.63, 3.8) is 0 Å². The second kappa shape index (κ2) is 13.8. The fourth-order valence-corrected chi connectivity index (χ4v) is 5.82. The summed E-state index contributed by atoms with van der Waals surface area (Å²) < 4.78 is 2.10. The van der Waals surface area contributed by atoms with Crippen molar-refractivity contribution in [1.82, 2.24) is 24.9 Å². The van der Waals surface area contributed by atoms with Crippen LogP contribution in [0.4, 0.5) is 0 Å². The van der Waals surface area contributed by atoms with Crippen molar-refractivity contribution in [2.24, 2.45) is 5.92 Å².